The van der Waals surface area contributed by atoms with Gasteiger partial charge in [0, 0.05) is 8.22 Å². The van der Waals surface area contributed by atoms with Crippen molar-refractivity contribution in [3.05, 3.63) is 23.3 Å². The first-order valence-electron chi connectivity index (χ1n) is 5.86. The number of ketones is 1. The van der Waals surface area contributed by atoms with Crippen LogP contribution < -0.4 is 0 Å². The van der Waals surface area contributed by atoms with Gasteiger partial charge in [-0.1, -0.05) is 11.1 Å². The van der Waals surface area contributed by atoms with Crippen molar-refractivity contribution in [2.45, 2.75) is 27.6 Å². The molecule has 1 heteroatoms. The molecule has 0 spiro atoms. The van der Waals surface area contributed by atoms with E-state index in [2.05, 4.69) is 0 Å². The van der Waals surface area contributed by atoms with Crippen molar-refractivity contribution in [3.63, 3.8) is 0 Å². The van der Waals surface area contributed by atoms with Gasteiger partial charge in [0.1, 0.15) is 0 Å². The fourth-order valence-electron chi connectivity index (χ4n) is 0.468. The summed E-state index contributed by atoms with van der Waals surface area (Å²) in [7, 11) is 0. The molecule has 0 aliphatic carbocycles. The third-order valence-corrected chi connectivity index (χ3v) is 0.718. The van der Waals surface area contributed by atoms with Crippen molar-refractivity contribution in [2.75, 3.05) is 0 Å². The second-order valence-electron chi connectivity index (χ2n) is 2.06. The summed E-state index contributed by atoms with van der Waals surface area (Å²) in [5.41, 5.74) is -0.126. The lowest BCUT2D eigenvalue weighted by Gasteiger charge is -1.87. The maximum atomic E-state index is 11.3. The maximum Gasteiger partial charge on any atom is 0.178 e. The van der Waals surface area contributed by atoms with Gasteiger partial charge in [-0.05, 0) is 39.7 Å². The SMILES string of the molecule is [2H]C([2H])([2H])/C(C)=C\C(=O)/C=C(/C)C([2H])([2H])[2H]. The zero-order valence-electron chi connectivity index (χ0n) is 12.1. The Balaban J connectivity index is 4.89. The molecule has 1 nitrogen and oxygen atoms in total. The highest BCUT2D eigenvalue weighted by atomic mass is 16.1. The van der Waals surface area contributed by atoms with Gasteiger partial charge in [-0.25, -0.2) is 0 Å². The van der Waals surface area contributed by atoms with Crippen LogP contribution in [0.15, 0.2) is 23.3 Å². The molecule has 0 N–H and O–H groups in total. The number of carbonyl (C=O) groups is 1. The van der Waals surface area contributed by atoms with Crippen LogP contribution in [0.5, 0.6) is 0 Å². The molecule has 56 valence electrons. The standard InChI is InChI=1S/C9H14O/c1-7(2)5-9(10)6-8(3)4/h5-6H,1-4H3/i1D3,3D3/b7-5+,8-6+. The van der Waals surface area contributed by atoms with E-state index in [0.717, 1.165) is 12.2 Å². The van der Waals surface area contributed by atoms with Gasteiger partial charge >= 0.3 is 0 Å². The summed E-state index contributed by atoms with van der Waals surface area (Å²) in [4.78, 5) is 11.3. The lowest BCUT2D eigenvalue weighted by atomic mass is 10.2. The first-order valence-corrected chi connectivity index (χ1v) is 2.86. The molecule has 0 amide bonds. The quantitative estimate of drug-likeness (QED) is 0.544. The average molecular weight is 144 g/mol. The first kappa shape index (κ1) is 3.04. The van der Waals surface area contributed by atoms with Gasteiger partial charge in [0.2, 0.25) is 0 Å². The number of rotatable bonds is 2. The number of hydrogen-bond acceptors (Lipinski definition) is 1. The topological polar surface area (TPSA) is 17.1 Å². The van der Waals surface area contributed by atoms with Crippen LogP contribution in [-0.2, 0) is 4.79 Å². The second kappa shape index (κ2) is 4.04. The van der Waals surface area contributed by atoms with Crippen molar-refractivity contribution >= 4 is 5.78 Å². The molecule has 0 unspecified atom stereocenters. The molecular weight excluding hydrogens is 124 g/mol. The van der Waals surface area contributed by atoms with Crippen molar-refractivity contribution in [2.24, 2.45) is 0 Å². The molecule has 0 bridgehead atoms. The summed E-state index contributed by atoms with van der Waals surface area (Å²) in [5.74, 6) is -0.623. The minimum atomic E-state index is -2.32. The van der Waals surface area contributed by atoms with Crippen LogP contribution in [0.2, 0.25) is 0 Å². The minimum Gasteiger partial charge on any atom is -0.290 e. The van der Waals surface area contributed by atoms with Crippen LogP contribution in [0.3, 0.4) is 0 Å². The van der Waals surface area contributed by atoms with Gasteiger partial charge in [-0.3, -0.25) is 4.79 Å². The second-order valence-corrected chi connectivity index (χ2v) is 2.06. The Labute approximate surface area is 70.9 Å². The highest BCUT2D eigenvalue weighted by Gasteiger charge is 1.89. The summed E-state index contributed by atoms with van der Waals surface area (Å²) < 4.78 is 42.1. The molecule has 0 aromatic rings. The third kappa shape index (κ3) is 5.29. The maximum absolute atomic E-state index is 11.3. The molecule has 0 rings (SSSR count). The number of carbonyl (C=O) groups excluding carboxylic acids is 1. The van der Waals surface area contributed by atoms with E-state index in [1.165, 1.54) is 13.8 Å². The summed E-state index contributed by atoms with van der Waals surface area (Å²) in [6.45, 7) is -2.03. The summed E-state index contributed by atoms with van der Waals surface area (Å²) in [6, 6.07) is 0. The van der Waals surface area contributed by atoms with Gasteiger partial charge in [0.15, 0.2) is 5.78 Å². The van der Waals surface area contributed by atoms with Crippen molar-refractivity contribution in [3.8, 4) is 0 Å². The Morgan fingerprint density at radius 2 is 1.60 bits per heavy atom. The molecule has 0 heterocycles. The van der Waals surface area contributed by atoms with Crippen molar-refractivity contribution in [1.82, 2.24) is 0 Å². The predicted molar refractivity (Wildman–Crippen MR) is 43.9 cm³/mol. The van der Waals surface area contributed by atoms with Gasteiger partial charge in [0.05, 0.1) is 0 Å². The number of hydrogen-bond donors (Lipinski definition) is 0. The van der Waals surface area contributed by atoms with E-state index in [1.54, 1.807) is 0 Å². The Morgan fingerprint density at radius 1 is 1.20 bits per heavy atom. The molecule has 0 saturated heterocycles. The van der Waals surface area contributed by atoms with Gasteiger partial charge < -0.3 is 0 Å². The third-order valence-electron chi connectivity index (χ3n) is 0.718. The molecule has 0 aliphatic heterocycles. The van der Waals surface area contributed by atoms with E-state index in [4.69, 9.17) is 8.22 Å². The molecular formula is C9H14O. The molecule has 10 heavy (non-hydrogen) atoms. The monoisotopic (exact) mass is 144 g/mol. The molecule has 0 aliphatic rings. The van der Waals surface area contributed by atoms with Crippen LogP contribution >= 0.6 is 0 Å². The van der Waals surface area contributed by atoms with Crippen LogP contribution in [0.25, 0.3) is 0 Å². The molecule has 0 fully saturated rings. The lowest BCUT2D eigenvalue weighted by Crippen LogP contribution is -1.87. The molecule has 0 saturated carbocycles. The molecule has 0 radical (unpaired) electrons. The Morgan fingerprint density at radius 3 is 1.90 bits per heavy atom. The van der Waals surface area contributed by atoms with Crippen molar-refractivity contribution in [1.29, 1.82) is 0 Å². The summed E-state index contributed by atoms with van der Waals surface area (Å²) in [5, 5.41) is 0. The largest absolute Gasteiger partial charge is 0.290 e. The fraction of sp³-hybridized carbons (Fsp3) is 0.444. The van der Waals surface area contributed by atoms with E-state index in [-0.39, 0.29) is 11.1 Å². The predicted octanol–water partition coefficient (Wildman–Crippen LogP) is 2.49. The van der Waals surface area contributed by atoms with Crippen LogP contribution in [0.4, 0.5) is 0 Å². The highest BCUT2D eigenvalue weighted by molar-refractivity contribution is 5.99. The fourth-order valence-corrected chi connectivity index (χ4v) is 0.468. The normalized spacial score (nSPS) is 25.0. The Bertz CT molecular complexity index is 299. The first-order chi connectivity index (χ1) is 6.94. The molecule has 0 aromatic carbocycles. The lowest BCUT2D eigenvalue weighted by molar-refractivity contribution is -0.110. The van der Waals surface area contributed by atoms with Crippen LogP contribution in [0.1, 0.15) is 35.8 Å². The van der Waals surface area contributed by atoms with Crippen LogP contribution in [-0.4, -0.2) is 5.78 Å². The van der Waals surface area contributed by atoms with Crippen molar-refractivity contribution < 1.29 is 13.0 Å². The van der Waals surface area contributed by atoms with Gasteiger partial charge in [-0.15, -0.1) is 0 Å². The zero-order chi connectivity index (χ0) is 13.1. The zero-order valence-corrected chi connectivity index (χ0v) is 6.06. The Hall–Kier alpha value is -0.850. The molecule has 0 aromatic heterocycles. The van der Waals surface area contributed by atoms with E-state index < -0.39 is 19.5 Å². The van der Waals surface area contributed by atoms with E-state index in [0.29, 0.717) is 0 Å². The summed E-state index contributed by atoms with van der Waals surface area (Å²) >= 11 is 0. The summed E-state index contributed by atoms with van der Waals surface area (Å²) in [6.07, 6.45) is 1.87. The smallest absolute Gasteiger partial charge is 0.178 e. The van der Waals surface area contributed by atoms with Gasteiger partial charge in [-0.2, -0.15) is 0 Å². The van der Waals surface area contributed by atoms with E-state index in [9.17, 15) is 4.79 Å². The average Bonchev–Trinajstić information content (AvgIpc) is 1.99. The van der Waals surface area contributed by atoms with E-state index >= 15 is 0 Å². The molecule has 0 atom stereocenters. The van der Waals surface area contributed by atoms with Crippen LogP contribution in [0, 0.1) is 0 Å². The minimum absolute atomic E-state index is 0.0629. The Kier molecular flexibility index (Phi) is 1.23. The van der Waals surface area contributed by atoms with Gasteiger partial charge in [0.25, 0.3) is 0 Å². The van der Waals surface area contributed by atoms with E-state index in [1.807, 2.05) is 0 Å². The number of allylic oxidation sites excluding steroid dienone is 4. The highest BCUT2D eigenvalue weighted by Crippen LogP contribution is 1.94.